The summed E-state index contributed by atoms with van der Waals surface area (Å²) in [6.07, 6.45) is 7.42. The molecular formula is C21H31N3O4. The minimum absolute atomic E-state index is 0.0625. The van der Waals surface area contributed by atoms with Crippen LogP contribution in [0.5, 0.6) is 0 Å². The standard InChI is InChI=1S/C21H31N3O4/c1-6-8-17-16(7-2)24(12-11-23(17)15-9-10-15)18(25)21(27)13-22(14-21)19(26)28-20(3,4)5/h6-8,15,27H,2,9-14H2,1,3-5H3/b8-6-. The lowest BCUT2D eigenvalue weighted by atomic mass is 9.92. The summed E-state index contributed by atoms with van der Waals surface area (Å²) in [5.74, 6) is -0.389. The van der Waals surface area contributed by atoms with Crippen LogP contribution in [-0.4, -0.2) is 75.2 Å². The largest absolute Gasteiger partial charge is 0.444 e. The van der Waals surface area contributed by atoms with Gasteiger partial charge in [-0.3, -0.25) is 4.79 Å². The molecule has 0 aromatic rings. The first-order valence-electron chi connectivity index (χ1n) is 9.88. The molecular weight excluding hydrogens is 358 g/mol. The predicted molar refractivity (Wildman–Crippen MR) is 106 cm³/mol. The minimum Gasteiger partial charge on any atom is -0.444 e. The van der Waals surface area contributed by atoms with Crippen LogP contribution in [0.4, 0.5) is 4.79 Å². The molecule has 0 unspecified atom stereocenters. The van der Waals surface area contributed by atoms with E-state index in [-0.39, 0.29) is 19.0 Å². The van der Waals surface area contributed by atoms with Gasteiger partial charge in [-0.1, -0.05) is 12.7 Å². The SMILES string of the molecule is C=CC1=C(/C=C\C)N(C2CC2)CCN1C(=O)C1(O)CN(C(=O)OC(C)(C)C)C1. The number of carbonyl (C=O) groups is 2. The molecule has 2 aliphatic heterocycles. The van der Waals surface area contributed by atoms with E-state index in [4.69, 9.17) is 4.74 Å². The number of aliphatic hydroxyl groups is 1. The van der Waals surface area contributed by atoms with Crippen LogP contribution >= 0.6 is 0 Å². The highest BCUT2D eigenvalue weighted by Crippen LogP contribution is 2.36. The van der Waals surface area contributed by atoms with Crippen molar-refractivity contribution in [3.8, 4) is 0 Å². The van der Waals surface area contributed by atoms with Crippen molar-refractivity contribution in [3.63, 3.8) is 0 Å². The van der Waals surface area contributed by atoms with Crippen LogP contribution in [0.2, 0.25) is 0 Å². The smallest absolute Gasteiger partial charge is 0.410 e. The number of hydrogen-bond acceptors (Lipinski definition) is 5. The Kier molecular flexibility index (Phi) is 5.32. The second-order valence-electron chi connectivity index (χ2n) is 8.72. The highest BCUT2D eigenvalue weighted by molar-refractivity contribution is 5.90. The summed E-state index contributed by atoms with van der Waals surface area (Å²) in [6.45, 7) is 12.3. The zero-order chi connectivity index (χ0) is 20.7. The zero-order valence-corrected chi connectivity index (χ0v) is 17.3. The number of nitrogens with zero attached hydrogens (tertiary/aromatic N) is 3. The second-order valence-corrected chi connectivity index (χ2v) is 8.72. The van der Waals surface area contributed by atoms with Crippen LogP contribution in [0.1, 0.15) is 40.5 Å². The number of hydrogen-bond donors (Lipinski definition) is 1. The van der Waals surface area contributed by atoms with Gasteiger partial charge in [-0.25, -0.2) is 4.79 Å². The summed E-state index contributed by atoms with van der Waals surface area (Å²) in [4.78, 5) is 30.6. The van der Waals surface area contributed by atoms with E-state index < -0.39 is 17.3 Å². The van der Waals surface area contributed by atoms with Crippen molar-refractivity contribution in [1.29, 1.82) is 0 Å². The van der Waals surface area contributed by atoms with Crippen LogP contribution in [0, 0.1) is 0 Å². The van der Waals surface area contributed by atoms with Crippen LogP contribution in [0.25, 0.3) is 0 Å². The molecule has 0 bridgehead atoms. The Hall–Kier alpha value is -2.28. The first-order valence-corrected chi connectivity index (χ1v) is 9.88. The maximum Gasteiger partial charge on any atom is 0.410 e. The van der Waals surface area contributed by atoms with E-state index in [1.807, 2.05) is 19.1 Å². The molecule has 1 saturated heterocycles. The third-order valence-electron chi connectivity index (χ3n) is 5.13. The van der Waals surface area contributed by atoms with Gasteiger partial charge in [-0.05, 0) is 52.7 Å². The molecule has 0 atom stereocenters. The lowest BCUT2D eigenvalue weighted by Gasteiger charge is -2.48. The zero-order valence-electron chi connectivity index (χ0n) is 17.3. The number of allylic oxidation sites excluding steroid dienone is 3. The molecule has 0 aromatic carbocycles. The van der Waals surface area contributed by atoms with Gasteiger partial charge in [0.05, 0.1) is 24.5 Å². The molecule has 7 heteroatoms. The lowest BCUT2D eigenvalue weighted by molar-refractivity contribution is -0.167. The number of rotatable bonds is 4. The Morgan fingerprint density at radius 2 is 1.86 bits per heavy atom. The third-order valence-corrected chi connectivity index (χ3v) is 5.13. The fourth-order valence-electron chi connectivity index (χ4n) is 3.69. The van der Waals surface area contributed by atoms with Crippen LogP contribution in [0.3, 0.4) is 0 Å². The van der Waals surface area contributed by atoms with Crippen LogP contribution in [0.15, 0.2) is 36.2 Å². The molecule has 7 nitrogen and oxygen atoms in total. The molecule has 0 spiro atoms. The molecule has 3 rings (SSSR count). The Balaban J connectivity index is 1.75. The summed E-state index contributed by atoms with van der Waals surface area (Å²) in [5.41, 5.74) is -0.529. The van der Waals surface area contributed by atoms with Gasteiger partial charge in [-0.15, -0.1) is 0 Å². The Morgan fingerprint density at radius 3 is 2.36 bits per heavy atom. The molecule has 2 heterocycles. The summed E-state index contributed by atoms with van der Waals surface area (Å²) in [7, 11) is 0. The highest BCUT2D eigenvalue weighted by Gasteiger charge is 2.53. The van der Waals surface area contributed by atoms with Gasteiger partial charge >= 0.3 is 6.09 Å². The van der Waals surface area contributed by atoms with Crippen molar-refractivity contribution >= 4 is 12.0 Å². The van der Waals surface area contributed by atoms with Gasteiger partial charge < -0.3 is 24.5 Å². The summed E-state index contributed by atoms with van der Waals surface area (Å²) in [6, 6.07) is 0.521. The Morgan fingerprint density at radius 1 is 1.21 bits per heavy atom. The summed E-state index contributed by atoms with van der Waals surface area (Å²) >= 11 is 0. The third kappa shape index (κ3) is 3.94. The first-order chi connectivity index (χ1) is 13.1. The molecule has 0 radical (unpaired) electrons. The molecule has 2 fully saturated rings. The maximum absolute atomic E-state index is 13.1. The molecule has 3 aliphatic rings. The summed E-state index contributed by atoms with van der Waals surface area (Å²) in [5, 5.41) is 10.8. The first kappa shape index (κ1) is 20.5. The highest BCUT2D eigenvalue weighted by atomic mass is 16.6. The van der Waals surface area contributed by atoms with Gasteiger partial charge in [0.25, 0.3) is 5.91 Å². The molecule has 154 valence electrons. The van der Waals surface area contributed by atoms with Crippen molar-refractivity contribution in [2.45, 2.75) is 57.8 Å². The Labute approximate surface area is 166 Å². The number of likely N-dealkylation sites (tertiary alicyclic amines) is 1. The summed E-state index contributed by atoms with van der Waals surface area (Å²) < 4.78 is 5.31. The van der Waals surface area contributed by atoms with E-state index in [1.54, 1.807) is 31.7 Å². The molecule has 1 saturated carbocycles. The van der Waals surface area contributed by atoms with Crippen LogP contribution < -0.4 is 0 Å². The lowest BCUT2D eigenvalue weighted by Crippen LogP contribution is -2.71. The van der Waals surface area contributed by atoms with Crippen molar-refractivity contribution in [3.05, 3.63) is 36.2 Å². The average molecular weight is 389 g/mol. The van der Waals surface area contributed by atoms with Gasteiger partial charge in [-0.2, -0.15) is 0 Å². The fraction of sp³-hybridized carbons (Fsp3) is 0.619. The van der Waals surface area contributed by atoms with Gasteiger partial charge in [0.15, 0.2) is 5.60 Å². The van der Waals surface area contributed by atoms with Crippen molar-refractivity contribution in [1.82, 2.24) is 14.7 Å². The van der Waals surface area contributed by atoms with E-state index >= 15 is 0 Å². The minimum atomic E-state index is -1.59. The van der Waals surface area contributed by atoms with E-state index in [2.05, 4.69) is 11.5 Å². The topological polar surface area (TPSA) is 73.3 Å². The maximum atomic E-state index is 13.1. The van der Waals surface area contributed by atoms with Gasteiger partial charge in [0, 0.05) is 19.1 Å². The van der Waals surface area contributed by atoms with Crippen molar-refractivity contribution in [2.24, 2.45) is 0 Å². The van der Waals surface area contributed by atoms with Crippen molar-refractivity contribution in [2.75, 3.05) is 26.2 Å². The van der Waals surface area contributed by atoms with E-state index in [9.17, 15) is 14.7 Å². The molecule has 0 aromatic heterocycles. The monoisotopic (exact) mass is 389 g/mol. The van der Waals surface area contributed by atoms with Gasteiger partial charge in [0.2, 0.25) is 0 Å². The van der Waals surface area contributed by atoms with Crippen LogP contribution in [-0.2, 0) is 9.53 Å². The molecule has 28 heavy (non-hydrogen) atoms. The predicted octanol–water partition coefficient (Wildman–Crippen LogP) is 2.25. The normalized spacial score (nSPS) is 22.4. The number of β-amino-alcohol motifs (C(OH)–C–C–N with tert-alkyl or cyclic N) is 1. The average Bonchev–Trinajstić information content (AvgIpc) is 3.41. The fourth-order valence-corrected chi connectivity index (χ4v) is 3.69. The number of carbonyl (C=O) groups excluding carboxylic acids is 2. The van der Waals surface area contributed by atoms with Gasteiger partial charge in [0.1, 0.15) is 5.60 Å². The quantitative estimate of drug-likeness (QED) is 0.798. The van der Waals surface area contributed by atoms with E-state index in [0.29, 0.717) is 18.3 Å². The molecule has 1 aliphatic carbocycles. The Bertz CT molecular complexity index is 724. The second kappa shape index (κ2) is 7.28. The number of ether oxygens (including phenoxy) is 1. The van der Waals surface area contributed by atoms with E-state index in [1.165, 1.54) is 4.90 Å². The molecule has 1 N–H and O–H groups in total. The van der Waals surface area contributed by atoms with Crippen molar-refractivity contribution < 1.29 is 19.4 Å². The van der Waals surface area contributed by atoms with E-state index in [0.717, 1.165) is 25.1 Å². The molecule has 2 amide bonds. The number of amides is 2.